The molecule has 0 saturated carbocycles. The van der Waals surface area contributed by atoms with Crippen LogP contribution in [0.25, 0.3) is 0 Å². The predicted octanol–water partition coefficient (Wildman–Crippen LogP) is 4.57. The number of rotatable bonds is 5. The first-order chi connectivity index (χ1) is 11.2. The third-order valence-electron chi connectivity index (χ3n) is 4.73. The molecule has 0 bridgehead atoms. The summed E-state index contributed by atoms with van der Waals surface area (Å²) in [5.74, 6) is 0.807. The lowest BCUT2D eigenvalue weighted by molar-refractivity contribution is -0.143. The number of allylic oxidation sites excluding steroid dienone is 1. The van der Waals surface area contributed by atoms with Crippen LogP contribution in [-0.2, 0) is 4.79 Å². The summed E-state index contributed by atoms with van der Waals surface area (Å²) in [6, 6.07) is 20.7. The van der Waals surface area contributed by atoms with Gasteiger partial charge in [-0.2, -0.15) is 0 Å². The number of likely N-dealkylation sites (tertiary alicyclic amines) is 1. The van der Waals surface area contributed by atoms with Gasteiger partial charge in [-0.15, -0.1) is 6.58 Å². The van der Waals surface area contributed by atoms with Crippen LogP contribution < -0.4 is 0 Å². The summed E-state index contributed by atoms with van der Waals surface area (Å²) >= 11 is 0. The molecular weight excluding hydrogens is 282 g/mol. The maximum atomic E-state index is 12.8. The lowest BCUT2D eigenvalue weighted by Crippen LogP contribution is -2.51. The van der Waals surface area contributed by atoms with Crippen LogP contribution in [0.15, 0.2) is 73.3 Å². The summed E-state index contributed by atoms with van der Waals surface area (Å²) < 4.78 is 0. The molecule has 2 aromatic rings. The monoisotopic (exact) mass is 305 g/mol. The molecule has 23 heavy (non-hydrogen) atoms. The molecule has 3 rings (SSSR count). The first kappa shape index (κ1) is 15.5. The minimum absolute atomic E-state index is 0.0797. The second kappa shape index (κ2) is 6.82. The van der Waals surface area contributed by atoms with Crippen molar-refractivity contribution in [3.05, 3.63) is 84.4 Å². The van der Waals surface area contributed by atoms with E-state index in [2.05, 4.69) is 37.8 Å². The predicted molar refractivity (Wildman–Crippen MR) is 94.1 cm³/mol. The number of benzene rings is 2. The Morgan fingerprint density at radius 1 is 1.17 bits per heavy atom. The maximum absolute atomic E-state index is 12.8. The van der Waals surface area contributed by atoms with E-state index in [1.807, 2.05) is 47.4 Å². The fourth-order valence-electron chi connectivity index (χ4n) is 3.45. The molecule has 0 unspecified atom stereocenters. The summed E-state index contributed by atoms with van der Waals surface area (Å²) in [6.07, 6.45) is 2.37. The van der Waals surface area contributed by atoms with Crippen LogP contribution >= 0.6 is 0 Å². The molecule has 1 aliphatic heterocycles. The van der Waals surface area contributed by atoms with Crippen LogP contribution in [0.5, 0.6) is 0 Å². The molecule has 0 aromatic heterocycles. The van der Waals surface area contributed by atoms with E-state index in [9.17, 15) is 4.79 Å². The molecule has 0 N–H and O–H groups in total. The van der Waals surface area contributed by atoms with Crippen LogP contribution in [0.4, 0.5) is 0 Å². The molecule has 0 radical (unpaired) electrons. The highest BCUT2D eigenvalue weighted by Crippen LogP contribution is 2.39. The quantitative estimate of drug-likeness (QED) is 0.741. The number of nitrogens with zero attached hydrogens (tertiary/aromatic N) is 1. The molecule has 3 atom stereocenters. The van der Waals surface area contributed by atoms with Crippen molar-refractivity contribution in [1.82, 2.24) is 4.90 Å². The highest BCUT2D eigenvalue weighted by molar-refractivity contribution is 5.79. The standard InChI is InChI=1S/C21H23NO/c1-3-17(18-10-6-4-7-11-18)14-20(23)22-15-16(2)21(22)19-12-8-5-9-13-19/h3-13,16-17,21H,1,14-15H2,2H3/t16-,17-,21-/m1/s1. The molecule has 1 heterocycles. The first-order valence-electron chi connectivity index (χ1n) is 8.22. The minimum atomic E-state index is 0.0797. The van der Waals surface area contributed by atoms with Gasteiger partial charge >= 0.3 is 0 Å². The van der Waals surface area contributed by atoms with Gasteiger partial charge < -0.3 is 4.90 Å². The highest BCUT2D eigenvalue weighted by Gasteiger charge is 2.39. The van der Waals surface area contributed by atoms with Gasteiger partial charge in [-0.25, -0.2) is 0 Å². The average Bonchev–Trinajstić information content (AvgIpc) is 2.59. The molecule has 0 spiro atoms. The molecule has 1 amide bonds. The van der Waals surface area contributed by atoms with Crippen molar-refractivity contribution in [2.75, 3.05) is 6.54 Å². The van der Waals surface area contributed by atoms with Gasteiger partial charge in [-0.3, -0.25) is 4.79 Å². The van der Waals surface area contributed by atoms with Crippen LogP contribution in [0.1, 0.15) is 36.4 Å². The second-order valence-electron chi connectivity index (χ2n) is 6.34. The fourth-order valence-corrected chi connectivity index (χ4v) is 3.45. The van der Waals surface area contributed by atoms with E-state index in [0.717, 1.165) is 12.1 Å². The van der Waals surface area contributed by atoms with E-state index >= 15 is 0 Å². The Balaban J connectivity index is 1.72. The first-order valence-corrected chi connectivity index (χ1v) is 8.22. The Kier molecular flexibility index (Phi) is 4.61. The molecular formula is C21H23NO. The smallest absolute Gasteiger partial charge is 0.224 e. The van der Waals surface area contributed by atoms with Crippen molar-refractivity contribution in [2.45, 2.75) is 25.3 Å². The fraction of sp³-hybridized carbons (Fsp3) is 0.286. The molecule has 118 valence electrons. The van der Waals surface area contributed by atoms with E-state index in [1.165, 1.54) is 5.56 Å². The zero-order valence-corrected chi connectivity index (χ0v) is 13.6. The van der Waals surface area contributed by atoms with Crippen molar-refractivity contribution in [2.24, 2.45) is 5.92 Å². The molecule has 2 heteroatoms. The SMILES string of the molecule is C=C[C@H](CC(=O)N1C[C@@H](C)[C@@H]1c1ccccc1)c1ccccc1. The van der Waals surface area contributed by atoms with Crippen molar-refractivity contribution in [3.63, 3.8) is 0 Å². The van der Waals surface area contributed by atoms with Crippen LogP contribution in [0, 0.1) is 5.92 Å². The van der Waals surface area contributed by atoms with Crippen molar-refractivity contribution >= 4 is 5.91 Å². The maximum Gasteiger partial charge on any atom is 0.224 e. The van der Waals surface area contributed by atoms with Crippen LogP contribution in [-0.4, -0.2) is 17.4 Å². The van der Waals surface area contributed by atoms with Gasteiger partial charge in [-0.1, -0.05) is 73.7 Å². The lowest BCUT2D eigenvalue weighted by atomic mass is 9.83. The number of hydrogen-bond acceptors (Lipinski definition) is 1. The van der Waals surface area contributed by atoms with E-state index in [-0.39, 0.29) is 17.9 Å². The van der Waals surface area contributed by atoms with Gasteiger partial charge in [-0.05, 0) is 17.0 Å². The second-order valence-corrected chi connectivity index (χ2v) is 6.34. The van der Waals surface area contributed by atoms with Gasteiger partial charge in [0.1, 0.15) is 0 Å². The van der Waals surface area contributed by atoms with Gasteiger partial charge in [0.25, 0.3) is 0 Å². The Bertz CT molecular complexity index is 665. The van der Waals surface area contributed by atoms with Crippen molar-refractivity contribution in [3.8, 4) is 0 Å². The lowest BCUT2D eigenvalue weighted by Gasteiger charge is -2.47. The van der Waals surface area contributed by atoms with E-state index in [0.29, 0.717) is 12.3 Å². The van der Waals surface area contributed by atoms with E-state index in [4.69, 9.17) is 0 Å². The number of carbonyl (C=O) groups is 1. The molecule has 2 nitrogen and oxygen atoms in total. The molecule has 1 fully saturated rings. The minimum Gasteiger partial charge on any atom is -0.335 e. The summed E-state index contributed by atoms with van der Waals surface area (Å²) in [6.45, 7) is 6.97. The van der Waals surface area contributed by atoms with Gasteiger partial charge in [0.05, 0.1) is 6.04 Å². The molecule has 1 saturated heterocycles. The third-order valence-corrected chi connectivity index (χ3v) is 4.73. The topological polar surface area (TPSA) is 20.3 Å². The molecule has 0 aliphatic carbocycles. The van der Waals surface area contributed by atoms with Crippen molar-refractivity contribution in [1.29, 1.82) is 0 Å². The van der Waals surface area contributed by atoms with Crippen molar-refractivity contribution < 1.29 is 4.79 Å². The third kappa shape index (κ3) is 3.21. The van der Waals surface area contributed by atoms with Crippen LogP contribution in [0.3, 0.4) is 0 Å². The van der Waals surface area contributed by atoms with Gasteiger partial charge in [0.15, 0.2) is 0 Å². The average molecular weight is 305 g/mol. The van der Waals surface area contributed by atoms with E-state index < -0.39 is 0 Å². The van der Waals surface area contributed by atoms with Gasteiger partial charge in [0, 0.05) is 18.9 Å². The number of carbonyl (C=O) groups excluding carboxylic acids is 1. The zero-order chi connectivity index (χ0) is 16.2. The zero-order valence-electron chi connectivity index (χ0n) is 13.6. The Morgan fingerprint density at radius 3 is 2.35 bits per heavy atom. The molecule has 2 aromatic carbocycles. The molecule has 1 aliphatic rings. The summed E-state index contributed by atoms with van der Waals surface area (Å²) in [4.78, 5) is 14.8. The summed E-state index contributed by atoms with van der Waals surface area (Å²) in [5.41, 5.74) is 2.38. The Morgan fingerprint density at radius 2 is 1.78 bits per heavy atom. The van der Waals surface area contributed by atoms with Gasteiger partial charge in [0.2, 0.25) is 5.91 Å². The summed E-state index contributed by atoms with van der Waals surface area (Å²) in [5, 5.41) is 0. The number of hydrogen-bond donors (Lipinski definition) is 0. The Labute approximate surface area is 138 Å². The Hall–Kier alpha value is -2.35. The van der Waals surface area contributed by atoms with Crippen LogP contribution in [0.2, 0.25) is 0 Å². The highest BCUT2D eigenvalue weighted by atomic mass is 16.2. The normalized spacial score (nSPS) is 21.3. The van der Waals surface area contributed by atoms with E-state index in [1.54, 1.807) is 0 Å². The largest absolute Gasteiger partial charge is 0.335 e. The number of amides is 1. The summed E-state index contributed by atoms with van der Waals surface area (Å²) in [7, 11) is 0.